The summed E-state index contributed by atoms with van der Waals surface area (Å²) < 4.78 is 1.14. The molecular formula is C11H11BrClNS2. The van der Waals surface area contributed by atoms with Crippen molar-refractivity contribution < 1.29 is 0 Å². The van der Waals surface area contributed by atoms with E-state index >= 15 is 0 Å². The number of rotatable bonds is 3. The van der Waals surface area contributed by atoms with E-state index in [0.29, 0.717) is 0 Å². The highest BCUT2D eigenvalue weighted by molar-refractivity contribution is 9.11. The van der Waals surface area contributed by atoms with Crippen molar-refractivity contribution in [1.82, 2.24) is 0 Å². The maximum Gasteiger partial charge on any atom is 0.0701 e. The molecule has 0 saturated carbocycles. The Balaban J connectivity index is 2.14. The minimum Gasteiger partial charge on any atom is -0.323 e. The monoisotopic (exact) mass is 335 g/mol. The Morgan fingerprint density at radius 2 is 2.25 bits per heavy atom. The first-order valence-corrected chi connectivity index (χ1v) is 7.68. The first-order chi connectivity index (χ1) is 7.58. The van der Waals surface area contributed by atoms with Gasteiger partial charge in [0.2, 0.25) is 0 Å². The van der Waals surface area contributed by atoms with E-state index in [9.17, 15) is 0 Å². The zero-order valence-corrected chi connectivity index (χ0v) is 12.6. The van der Waals surface area contributed by atoms with Gasteiger partial charge in [-0.2, -0.15) is 0 Å². The summed E-state index contributed by atoms with van der Waals surface area (Å²) in [7, 11) is 0. The van der Waals surface area contributed by atoms with Gasteiger partial charge in [0, 0.05) is 22.2 Å². The van der Waals surface area contributed by atoms with Gasteiger partial charge < -0.3 is 5.73 Å². The van der Waals surface area contributed by atoms with Crippen LogP contribution < -0.4 is 5.73 Å². The summed E-state index contributed by atoms with van der Waals surface area (Å²) in [5, 5.41) is 2.88. The van der Waals surface area contributed by atoms with Crippen molar-refractivity contribution in [2.45, 2.75) is 19.4 Å². The molecule has 0 spiro atoms. The molecule has 0 bridgehead atoms. The quantitative estimate of drug-likeness (QED) is 0.858. The highest BCUT2D eigenvalue weighted by atomic mass is 79.9. The summed E-state index contributed by atoms with van der Waals surface area (Å²) in [5.74, 6) is 0. The topological polar surface area (TPSA) is 26.0 Å². The molecule has 2 N–H and O–H groups in total. The first kappa shape index (κ1) is 12.6. The van der Waals surface area contributed by atoms with E-state index in [1.165, 1.54) is 4.88 Å². The first-order valence-electron chi connectivity index (χ1n) is 4.81. The van der Waals surface area contributed by atoms with Crippen LogP contribution in [0.15, 0.2) is 21.3 Å². The minimum atomic E-state index is -0.00301. The van der Waals surface area contributed by atoms with Gasteiger partial charge in [-0.05, 0) is 45.9 Å². The lowest BCUT2D eigenvalue weighted by molar-refractivity contribution is 0.745. The van der Waals surface area contributed by atoms with Crippen molar-refractivity contribution in [1.29, 1.82) is 0 Å². The molecule has 0 radical (unpaired) electrons. The van der Waals surface area contributed by atoms with Crippen LogP contribution in [0.5, 0.6) is 0 Å². The third kappa shape index (κ3) is 2.68. The van der Waals surface area contributed by atoms with Crippen LogP contribution >= 0.6 is 50.2 Å². The zero-order chi connectivity index (χ0) is 11.7. The number of aryl methyl sites for hydroxylation is 1. The highest BCUT2D eigenvalue weighted by Gasteiger charge is 2.15. The van der Waals surface area contributed by atoms with Crippen LogP contribution in [0.3, 0.4) is 0 Å². The number of hydrogen-bond acceptors (Lipinski definition) is 3. The smallest absolute Gasteiger partial charge is 0.0701 e. The lowest BCUT2D eigenvalue weighted by Crippen LogP contribution is -2.11. The fourth-order valence-corrected chi connectivity index (χ4v) is 4.35. The predicted octanol–water partition coefficient (Wildman–Crippen LogP) is 4.78. The van der Waals surface area contributed by atoms with Gasteiger partial charge >= 0.3 is 0 Å². The lowest BCUT2D eigenvalue weighted by atomic mass is 10.1. The Kier molecular flexibility index (Phi) is 4.08. The van der Waals surface area contributed by atoms with Crippen molar-refractivity contribution in [3.8, 4) is 0 Å². The van der Waals surface area contributed by atoms with Gasteiger partial charge in [0.05, 0.1) is 8.81 Å². The van der Waals surface area contributed by atoms with E-state index in [4.69, 9.17) is 17.3 Å². The second kappa shape index (κ2) is 5.19. The maximum absolute atomic E-state index is 6.20. The van der Waals surface area contributed by atoms with Gasteiger partial charge in [0.15, 0.2) is 0 Å². The lowest BCUT2D eigenvalue weighted by Gasteiger charge is -2.08. The largest absolute Gasteiger partial charge is 0.323 e. The molecule has 0 aromatic carbocycles. The Morgan fingerprint density at radius 3 is 2.75 bits per heavy atom. The van der Waals surface area contributed by atoms with Crippen LogP contribution in [0.2, 0.25) is 5.02 Å². The van der Waals surface area contributed by atoms with Crippen molar-refractivity contribution in [2.75, 3.05) is 0 Å². The van der Waals surface area contributed by atoms with Crippen molar-refractivity contribution in [3.63, 3.8) is 0 Å². The van der Waals surface area contributed by atoms with Crippen molar-refractivity contribution in [3.05, 3.63) is 41.6 Å². The maximum atomic E-state index is 6.20. The van der Waals surface area contributed by atoms with Crippen LogP contribution in [0.25, 0.3) is 0 Å². The Hall–Kier alpha value is 0.130. The molecule has 2 heterocycles. The molecule has 0 fully saturated rings. The molecule has 2 aromatic heterocycles. The van der Waals surface area contributed by atoms with Gasteiger partial charge in [-0.15, -0.1) is 22.7 Å². The molecule has 86 valence electrons. The molecule has 5 heteroatoms. The van der Waals surface area contributed by atoms with Gasteiger partial charge in [0.1, 0.15) is 0 Å². The molecule has 0 aliphatic carbocycles. The number of halogens is 2. The normalized spacial score (nSPS) is 13.0. The van der Waals surface area contributed by atoms with Crippen molar-refractivity contribution >= 4 is 50.2 Å². The Labute approximate surface area is 116 Å². The SMILES string of the molecule is Cc1csc(C(N)Cc2ccc(Br)s2)c1Cl. The summed E-state index contributed by atoms with van der Waals surface area (Å²) in [6.45, 7) is 2.01. The molecular weight excluding hydrogens is 326 g/mol. The third-order valence-corrected chi connectivity index (χ3v) is 5.80. The fraction of sp³-hybridized carbons (Fsp3) is 0.273. The summed E-state index contributed by atoms with van der Waals surface area (Å²) in [4.78, 5) is 2.37. The zero-order valence-electron chi connectivity index (χ0n) is 8.67. The van der Waals surface area contributed by atoms with Gasteiger partial charge in [-0.25, -0.2) is 0 Å². The summed E-state index contributed by atoms with van der Waals surface area (Å²) >= 11 is 13.0. The number of thiophene rings is 2. The minimum absolute atomic E-state index is 0.00301. The second-order valence-corrected chi connectivity index (χ2v) is 7.45. The van der Waals surface area contributed by atoms with Crippen LogP contribution in [0, 0.1) is 6.92 Å². The second-order valence-electron chi connectivity index (χ2n) is 3.61. The molecule has 2 rings (SSSR count). The fourth-order valence-electron chi connectivity index (χ4n) is 1.47. The highest BCUT2D eigenvalue weighted by Crippen LogP contribution is 2.34. The van der Waals surface area contributed by atoms with Gasteiger partial charge in [0.25, 0.3) is 0 Å². The Bertz CT molecular complexity index is 492. The average Bonchev–Trinajstić information content (AvgIpc) is 2.76. The summed E-state index contributed by atoms with van der Waals surface area (Å²) in [6, 6.07) is 4.15. The van der Waals surface area contributed by atoms with Gasteiger partial charge in [-0.1, -0.05) is 11.6 Å². The molecule has 1 unspecified atom stereocenters. The predicted molar refractivity (Wildman–Crippen MR) is 76.7 cm³/mol. The Morgan fingerprint density at radius 1 is 1.50 bits per heavy atom. The van der Waals surface area contributed by atoms with Gasteiger partial charge in [-0.3, -0.25) is 0 Å². The van der Waals surface area contributed by atoms with E-state index < -0.39 is 0 Å². The average molecular weight is 337 g/mol. The van der Waals surface area contributed by atoms with Crippen LogP contribution in [-0.4, -0.2) is 0 Å². The van der Waals surface area contributed by atoms with Crippen LogP contribution in [0.4, 0.5) is 0 Å². The van der Waals surface area contributed by atoms with E-state index in [0.717, 1.165) is 25.7 Å². The van der Waals surface area contributed by atoms with E-state index in [2.05, 4.69) is 27.4 Å². The van der Waals surface area contributed by atoms with E-state index in [1.807, 2.05) is 13.0 Å². The molecule has 2 aromatic rings. The molecule has 0 amide bonds. The molecule has 0 saturated heterocycles. The third-order valence-electron chi connectivity index (χ3n) is 2.31. The summed E-state index contributed by atoms with van der Waals surface area (Å²) in [6.07, 6.45) is 0.843. The van der Waals surface area contributed by atoms with E-state index in [-0.39, 0.29) is 6.04 Å². The number of nitrogens with two attached hydrogens (primary N) is 1. The molecule has 1 atom stereocenters. The van der Waals surface area contributed by atoms with Crippen LogP contribution in [-0.2, 0) is 6.42 Å². The molecule has 16 heavy (non-hydrogen) atoms. The number of hydrogen-bond donors (Lipinski definition) is 1. The summed E-state index contributed by atoms with van der Waals surface area (Å²) in [5.41, 5.74) is 7.28. The van der Waals surface area contributed by atoms with Crippen LogP contribution in [0.1, 0.15) is 21.4 Å². The molecule has 0 aliphatic heterocycles. The van der Waals surface area contributed by atoms with E-state index in [1.54, 1.807) is 22.7 Å². The standard InChI is InChI=1S/C11H11BrClNS2/c1-6-5-15-11(10(6)13)8(14)4-7-2-3-9(12)16-7/h2-3,5,8H,4,14H2,1H3. The molecule has 0 aliphatic rings. The molecule has 1 nitrogen and oxygen atoms in total. The van der Waals surface area contributed by atoms with Crippen molar-refractivity contribution in [2.24, 2.45) is 5.73 Å².